The van der Waals surface area contributed by atoms with Crippen molar-refractivity contribution in [3.63, 3.8) is 0 Å². The standard InChI is InChI=1S/C24H13ClN8O/c25-18-12-27-32(13-15-3-1-14(11-26)2-4-15)23(18)16-5-7-20-22(9-16)33(31-30-20)17-6-8-19-21(10-17)29-24(34)28-19/h1-10,12H,13H2. The van der Waals surface area contributed by atoms with E-state index in [0.717, 1.165) is 22.3 Å². The molecule has 0 saturated carbocycles. The van der Waals surface area contributed by atoms with Gasteiger partial charge in [-0.15, -0.1) is 5.10 Å². The number of benzene rings is 3. The van der Waals surface area contributed by atoms with Crippen molar-refractivity contribution in [1.29, 1.82) is 5.26 Å². The summed E-state index contributed by atoms with van der Waals surface area (Å²) in [7, 11) is 0. The number of nitrogens with zero attached hydrogens (tertiary/aromatic N) is 8. The number of rotatable bonds is 4. The van der Waals surface area contributed by atoms with Gasteiger partial charge < -0.3 is 0 Å². The second-order valence-electron chi connectivity index (χ2n) is 7.69. The van der Waals surface area contributed by atoms with E-state index < -0.39 is 6.03 Å². The largest absolute Gasteiger partial charge is 0.368 e. The van der Waals surface area contributed by atoms with Crippen LogP contribution in [-0.4, -0.2) is 30.8 Å². The van der Waals surface area contributed by atoms with Gasteiger partial charge in [-0.05, 0) is 48.0 Å². The molecule has 1 aliphatic rings. The normalized spacial score (nSPS) is 12.3. The first-order chi connectivity index (χ1) is 16.6. The Kier molecular flexibility index (Phi) is 4.53. The van der Waals surface area contributed by atoms with E-state index in [9.17, 15) is 4.79 Å². The maximum absolute atomic E-state index is 11.5. The summed E-state index contributed by atoms with van der Waals surface area (Å²) in [5.41, 5.74) is 5.39. The van der Waals surface area contributed by atoms with Gasteiger partial charge in [-0.2, -0.15) is 20.3 Å². The van der Waals surface area contributed by atoms with Crippen LogP contribution in [0.5, 0.6) is 0 Å². The Morgan fingerprint density at radius 2 is 1.79 bits per heavy atom. The van der Waals surface area contributed by atoms with Crippen LogP contribution in [0.15, 0.2) is 76.8 Å². The number of hydrogen-bond acceptors (Lipinski definition) is 5. The Bertz CT molecular complexity index is 1780. The van der Waals surface area contributed by atoms with Gasteiger partial charge in [0, 0.05) is 5.56 Å². The van der Waals surface area contributed by atoms with Crippen LogP contribution in [0.4, 0.5) is 4.79 Å². The summed E-state index contributed by atoms with van der Waals surface area (Å²) in [5.74, 6) is 0. The molecule has 2 amide bonds. The van der Waals surface area contributed by atoms with Gasteiger partial charge in [0.05, 0.1) is 57.0 Å². The van der Waals surface area contributed by atoms with E-state index in [2.05, 4.69) is 31.5 Å². The highest BCUT2D eigenvalue weighted by Crippen LogP contribution is 2.31. The van der Waals surface area contributed by atoms with Gasteiger partial charge in [0.15, 0.2) is 0 Å². The molecule has 3 aromatic carbocycles. The van der Waals surface area contributed by atoms with Gasteiger partial charge in [0.2, 0.25) is 0 Å². The average Bonchev–Trinajstić information content (AvgIpc) is 3.54. The molecule has 0 aliphatic carbocycles. The van der Waals surface area contributed by atoms with Gasteiger partial charge in [-0.1, -0.05) is 35.0 Å². The Morgan fingerprint density at radius 1 is 0.971 bits per heavy atom. The lowest BCUT2D eigenvalue weighted by molar-refractivity contribution is 0.256. The lowest BCUT2D eigenvalue weighted by Gasteiger charge is -2.09. The zero-order valence-electron chi connectivity index (χ0n) is 17.4. The van der Waals surface area contributed by atoms with Crippen LogP contribution in [0.2, 0.25) is 5.02 Å². The van der Waals surface area contributed by atoms with E-state index in [1.165, 1.54) is 0 Å². The Labute approximate surface area is 196 Å². The molecular weight excluding hydrogens is 452 g/mol. The molecule has 0 atom stereocenters. The number of urea groups is 1. The SMILES string of the molecule is N#Cc1ccc(Cn2ncc(Cl)c2-c2ccc3nnn(-c4ccc5c(c4)=NC(=O)N=5)c3c2)cc1. The minimum Gasteiger partial charge on any atom is -0.259 e. The highest BCUT2D eigenvalue weighted by atomic mass is 35.5. The Balaban J connectivity index is 1.43. The molecule has 0 radical (unpaired) electrons. The molecule has 34 heavy (non-hydrogen) atoms. The number of nitriles is 1. The fourth-order valence-corrected chi connectivity index (χ4v) is 4.19. The van der Waals surface area contributed by atoms with Gasteiger partial charge >= 0.3 is 6.03 Å². The molecule has 162 valence electrons. The Morgan fingerprint density at radius 3 is 2.62 bits per heavy atom. The quantitative estimate of drug-likeness (QED) is 0.405. The third-order valence-corrected chi connectivity index (χ3v) is 5.84. The smallest absolute Gasteiger partial charge is 0.259 e. The van der Waals surface area contributed by atoms with Crippen LogP contribution in [-0.2, 0) is 6.54 Å². The molecule has 0 spiro atoms. The number of amides is 2. The van der Waals surface area contributed by atoms with E-state index >= 15 is 0 Å². The number of hydrogen-bond donors (Lipinski definition) is 0. The molecule has 2 aromatic heterocycles. The molecule has 0 saturated heterocycles. The monoisotopic (exact) mass is 464 g/mol. The van der Waals surface area contributed by atoms with Crippen molar-refractivity contribution in [2.24, 2.45) is 9.98 Å². The molecular formula is C24H13ClN8O. The first-order valence-corrected chi connectivity index (χ1v) is 10.6. The number of halogens is 1. The molecule has 0 N–H and O–H groups in total. The molecule has 0 unspecified atom stereocenters. The van der Waals surface area contributed by atoms with Crippen LogP contribution in [0.3, 0.4) is 0 Å². The first-order valence-electron chi connectivity index (χ1n) is 10.3. The number of carbonyl (C=O) groups is 1. The zero-order chi connectivity index (χ0) is 23.2. The minimum atomic E-state index is -0.511. The number of carbonyl (C=O) groups excluding carboxylic acids is 1. The summed E-state index contributed by atoms with van der Waals surface area (Å²) in [4.78, 5) is 19.3. The third kappa shape index (κ3) is 3.34. The maximum atomic E-state index is 11.5. The number of aromatic nitrogens is 5. The predicted molar refractivity (Wildman–Crippen MR) is 123 cm³/mol. The molecule has 6 rings (SSSR count). The van der Waals surface area contributed by atoms with Gasteiger partial charge in [0.1, 0.15) is 5.52 Å². The summed E-state index contributed by atoms with van der Waals surface area (Å²) in [6.07, 6.45) is 1.61. The van der Waals surface area contributed by atoms with Crippen molar-refractivity contribution < 1.29 is 4.79 Å². The van der Waals surface area contributed by atoms with Gasteiger partial charge in [-0.25, -0.2) is 9.48 Å². The summed E-state index contributed by atoms with van der Waals surface area (Å²) in [5, 5.41) is 23.6. The number of fused-ring (bicyclic) bond motifs is 2. The highest BCUT2D eigenvalue weighted by molar-refractivity contribution is 6.33. The van der Waals surface area contributed by atoms with Crippen LogP contribution in [0, 0.1) is 11.3 Å². The van der Waals surface area contributed by atoms with Crippen LogP contribution in [0.1, 0.15) is 11.1 Å². The van der Waals surface area contributed by atoms with E-state index in [1.807, 2.05) is 41.1 Å². The van der Waals surface area contributed by atoms with Gasteiger partial charge in [-0.3, -0.25) is 4.68 Å². The van der Waals surface area contributed by atoms with Crippen molar-refractivity contribution in [2.75, 3.05) is 0 Å². The van der Waals surface area contributed by atoms with E-state index in [-0.39, 0.29) is 0 Å². The highest BCUT2D eigenvalue weighted by Gasteiger charge is 2.16. The maximum Gasteiger partial charge on any atom is 0.368 e. The van der Waals surface area contributed by atoms with E-state index in [1.54, 1.807) is 35.1 Å². The molecule has 3 heterocycles. The lowest BCUT2D eigenvalue weighted by atomic mass is 10.1. The first kappa shape index (κ1) is 20.0. The summed E-state index contributed by atoms with van der Waals surface area (Å²) in [6.45, 7) is 0.493. The van der Waals surface area contributed by atoms with Crippen molar-refractivity contribution >= 4 is 28.7 Å². The predicted octanol–water partition coefficient (Wildman–Crippen LogP) is 3.23. The van der Waals surface area contributed by atoms with Crippen LogP contribution in [0.25, 0.3) is 28.0 Å². The average molecular weight is 465 g/mol. The van der Waals surface area contributed by atoms with Crippen molar-refractivity contribution in [3.05, 3.63) is 93.7 Å². The summed E-state index contributed by atoms with van der Waals surface area (Å²) < 4.78 is 3.51. The second-order valence-corrected chi connectivity index (χ2v) is 8.10. The Hall–Kier alpha value is -4.68. The lowest BCUT2D eigenvalue weighted by Crippen LogP contribution is -2.22. The van der Waals surface area contributed by atoms with Crippen molar-refractivity contribution in [2.45, 2.75) is 6.54 Å². The van der Waals surface area contributed by atoms with Crippen LogP contribution < -0.4 is 10.7 Å². The van der Waals surface area contributed by atoms with E-state index in [0.29, 0.717) is 39.0 Å². The van der Waals surface area contributed by atoms with E-state index in [4.69, 9.17) is 16.9 Å². The molecule has 0 fully saturated rings. The third-order valence-electron chi connectivity index (χ3n) is 5.56. The fraction of sp³-hybridized carbons (Fsp3) is 0.0417. The fourth-order valence-electron chi connectivity index (χ4n) is 3.94. The topological polar surface area (TPSA) is 114 Å². The van der Waals surface area contributed by atoms with Gasteiger partial charge in [0.25, 0.3) is 0 Å². The molecule has 10 heteroatoms. The summed E-state index contributed by atoms with van der Waals surface area (Å²) >= 11 is 6.53. The van der Waals surface area contributed by atoms with Crippen molar-refractivity contribution in [1.82, 2.24) is 24.8 Å². The second kappa shape index (κ2) is 7.72. The summed E-state index contributed by atoms with van der Waals surface area (Å²) in [6, 6.07) is 20.0. The molecule has 0 bridgehead atoms. The van der Waals surface area contributed by atoms with Crippen molar-refractivity contribution in [3.8, 4) is 23.0 Å². The molecule has 5 aromatic rings. The molecule has 9 nitrogen and oxygen atoms in total. The zero-order valence-corrected chi connectivity index (χ0v) is 18.2. The minimum absolute atomic E-state index is 0.493. The van der Waals surface area contributed by atoms with Crippen LogP contribution >= 0.6 is 11.6 Å². The molecule has 1 aliphatic heterocycles.